The van der Waals surface area contributed by atoms with Crippen LogP contribution in [0, 0.1) is 5.92 Å². The lowest BCUT2D eigenvalue weighted by Gasteiger charge is -2.36. The van der Waals surface area contributed by atoms with Gasteiger partial charge in [-0.25, -0.2) is 4.39 Å². The molecule has 0 amide bonds. The highest BCUT2D eigenvalue weighted by Crippen LogP contribution is 2.42. The molecule has 0 aromatic rings. The van der Waals surface area contributed by atoms with Crippen molar-refractivity contribution < 1.29 is 4.39 Å². The van der Waals surface area contributed by atoms with Gasteiger partial charge in [0, 0.05) is 5.92 Å². The van der Waals surface area contributed by atoms with Crippen LogP contribution in [0.25, 0.3) is 0 Å². The van der Waals surface area contributed by atoms with Crippen LogP contribution in [-0.2, 0) is 0 Å². The second-order valence-electron chi connectivity index (χ2n) is 2.82. The molecule has 0 aliphatic heterocycles. The Balaban J connectivity index is 2.41. The SMILES string of the molecule is C[C](C)C1(F)CCC1. The van der Waals surface area contributed by atoms with Crippen molar-refractivity contribution in [2.75, 3.05) is 0 Å². The Morgan fingerprint density at radius 1 is 1.38 bits per heavy atom. The maximum atomic E-state index is 13.0. The van der Waals surface area contributed by atoms with Gasteiger partial charge in [-0.05, 0) is 19.3 Å². The Hall–Kier alpha value is -0.0700. The topological polar surface area (TPSA) is 0 Å². The smallest absolute Gasteiger partial charge is 0.116 e. The third-order valence-corrected chi connectivity index (χ3v) is 2.04. The Labute approximate surface area is 50.1 Å². The van der Waals surface area contributed by atoms with Crippen LogP contribution < -0.4 is 0 Å². The minimum absolute atomic E-state index is 0.759. The van der Waals surface area contributed by atoms with E-state index in [9.17, 15) is 4.39 Å². The maximum absolute atomic E-state index is 13.0. The van der Waals surface area contributed by atoms with E-state index in [4.69, 9.17) is 0 Å². The van der Waals surface area contributed by atoms with Crippen molar-refractivity contribution in [3.8, 4) is 0 Å². The summed E-state index contributed by atoms with van der Waals surface area (Å²) in [7, 11) is 0. The molecule has 0 spiro atoms. The zero-order valence-electron chi connectivity index (χ0n) is 5.50. The van der Waals surface area contributed by atoms with E-state index in [0.29, 0.717) is 0 Å². The molecule has 0 bridgehead atoms. The molecule has 0 atom stereocenters. The van der Waals surface area contributed by atoms with E-state index in [2.05, 4.69) is 0 Å². The Bertz CT molecular complexity index is 82.4. The highest BCUT2D eigenvalue weighted by molar-refractivity contribution is 5.07. The first kappa shape index (κ1) is 6.06. The number of alkyl halides is 1. The van der Waals surface area contributed by atoms with Crippen LogP contribution in [0.1, 0.15) is 33.1 Å². The van der Waals surface area contributed by atoms with E-state index in [-0.39, 0.29) is 0 Å². The molecule has 0 aromatic heterocycles. The van der Waals surface area contributed by atoms with Crippen LogP contribution in [0.15, 0.2) is 0 Å². The standard InChI is InChI=1S/C7H12F/c1-6(2)7(8)4-3-5-7/h3-5H2,1-2H3. The largest absolute Gasteiger partial charge is 0.243 e. The molecule has 1 fully saturated rings. The van der Waals surface area contributed by atoms with Crippen molar-refractivity contribution in [1.29, 1.82) is 0 Å². The molecule has 0 saturated heterocycles. The third-order valence-electron chi connectivity index (χ3n) is 2.04. The van der Waals surface area contributed by atoms with Crippen molar-refractivity contribution in [3.63, 3.8) is 0 Å². The van der Waals surface area contributed by atoms with Gasteiger partial charge in [-0.2, -0.15) is 0 Å². The minimum Gasteiger partial charge on any atom is -0.243 e. The highest BCUT2D eigenvalue weighted by Gasteiger charge is 2.40. The molecule has 0 aromatic carbocycles. The lowest BCUT2D eigenvalue weighted by Crippen LogP contribution is -2.35. The summed E-state index contributed by atoms with van der Waals surface area (Å²) in [5.41, 5.74) is -0.861. The average Bonchev–Trinajstić information content (AvgIpc) is 1.60. The number of hydrogen-bond acceptors (Lipinski definition) is 0. The predicted octanol–water partition coefficient (Wildman–Crippen LogP) is 2.49. The van der Waals surface area contributed by atoms with E-state index in [1.165, 1.54) is 0 Å². The van der Waals surface area contributed by atoms with Gasteiger partial charge < -0.3 is 0 Å². The summed E-state index contributed by atoms with van der Waals surface area (Å²) in [4.78, 5) is 0. The number of rotatable bonds is 1. The van der Waals surface area contributed by atoms with Gasteiger partial charge in [0.05, 0.1) is 0 Å². The molecule has 1 radical (unpaired) electrons. The Morgan fingerprint density at radius 2 is 1.88 bits per heavy atom. The summed E-state index contributed by atoms with van der Waals surface area (Å²) in [6.07, 6.45) is 2.59. The molecule has 8 heavy (non-hydrogen) atoms. The second-order valence-corrected chi connectivity index (χ2v) is 2.82. The van der Waals surface area contributed by atoms with Gasteiger partial charge in [-0.15, -0.1) is 0 Å². The first-order chi connectivity index (χ1) is 3.65. The molecule has 1 saturated carbocycles. The van der Waals surface area contributed by atoms with E-state index in [1.807, 2.05) is 13.8 Å². The molecule has 1 aliphatic rings. The summed E-state index contributed by atoms with van der Waals surface area (Å²) in [6, 6.07) is 0. The van der Waals surface area contributed by atoms with Gasteiger partial charge >= 0.3 is 0 Å². The summed E-state index contributed by atoms with van der Waals surface area (Å²) in [6.45, 7) is 3.75. The van der Waals surface area contributed by atoms with Gasteiger partial charge in [0.25, 0.3) is 0 Å². The van der Waals surface area contributed by atoms with Crippen LogP contribution in [0.3, 0.4) is 0 Å². The van der Waals surface area contributed by atoms with Crippen molar-refractivity contribution >= 4 is 0 Å². The molecule has 0 nitrogen and oxygen atoms in total. The van der Waals surface area contributed by atoms with E-state index >= 15 is 0 Å². The molecular weight excluding hydrogens is 103 g/mol. The first-order valence-corrected chi connectivity index (χ1v) is 3.15. The average molecular weight is 115 g/mol. The lowest BCUT2D eigenvalue weighted by atomic mass is 9.74. The zero-order chi connectivity index (χ0) is 6.20. The molecule has 0 heterocycles. The Kier molecular flexibility index (Phi) is 1.30. The van der Waals surface area contributed by atoms with E-state index in [0.717, 1.165) is 25.2 Å². The van der Waals surface area contributed by atoms with E-state index < -0.39 is 5.67 Å². The normalized spacial score (nSPS) is 25.5. The fraction of sp³-hybridized carbons (Fsp3) is 0.857. The molecule has 47 valence electrons. The van der Waals surface area contributed by atoms with Crippen LogP contribution in [0.4, 0.5) is 4.39 Å². The second kappa shape index (κ2) is 1.71. The van der Waals surface area contributed by atoms with Crippen molar-refractivity contribution in [2.45, 2.75) is 38.8 Å². The van der Waals surface area contributed by atoms with Crippen molar-refractivity contribution in [3.05, 3.63) is 5.92 Å². The molecule has 1 rings (SSSR count). The van der Waals surface area contributed by atoms with Gasteiger partial charge in [0.15, 0.2) is 0 Å². The minimum atomic E-state index is -0.861. The molecular formula is C7H12F. The Morgan fingerprint density at radius 3 is 1.88 bits per heavy atom. The number of hydrogen-bond donors (Lipinski definition) is 0. The summed E-state index contributed by atoms with van der Waals surface area (Å²) in [5.74, 6) is 0.948. The summed E-state index contributed by atoms with van der Waals surface area (Å²) < 4.78 is 13.0. The van der Waals surface area contributed by atoms with E-state index in [1.54, 1.807) is 0 Å². The third kappa shape index (κ3) is 0.743. The number of halogens is 1. The van der Waals surface area contributed by atoms with Gasteiger partial charge in [0.1, 0.15) is 5.67 Å². The van der Waals surface area contributed by atoms with Crippen LogP contribution in [0.2, 0.25) is 0 Å². The first-order valence-electron chi connectivity index (χ1n) is 3.15. The molecule has 0 N–H and O–H groups in total. The van der Waals surface area contributed by atoms with Gasteiger partial charge in [-0.1, -0.05) is 13.8 Å². The molecule has 0 unspecified atom stereocenters. The van der Waals surface area contributed by atoms with Crippen molar-refractivity contribution in [2.24, 2.45) is 0 Å². The summed E-state index contributed by atoms with van der Waals surface area (Å²) in [5, 5.41) is 0. The molecule has 1 heteroatoms. The monoisotopic (exact) mass is 115 g/mol. The van der Waals surface area contributed by atoms with Gasteiger partial charge in [-0.3, -0.25) is 0 Å². The van der Waals surface area contributed by atoms with Gasteiger partial charge in [0.2, 0.25) is 0 Å². The summed E-state index contributed by atoms with van der Waals surface area (Å²) >= 11 is 0. The van der Waals surface area contributed by atoms with Crippen molar-refractivity contribution in [1.82, 2.24) is 0 Å². The maximum Gasteiger partial charge on any atom is 0.116 e. The molecule has 1 aliphatic carbocycles. The predicted molar refractivity (Wildman–Crippen MR) is 32.3 cm³/mol. The zero-order valence-corrected chi connectivity index (χ0v) is 5.50. The van der Waals surface area contributed by atoms with Crippen LogP contribution in [-0.4, -0.2) is 5.67 Å². The highest BCUT2D eigenvalue weighted by atomic mass is 19.1. The fourth-order valence-corrected chi connectivity index (χ4v) is 0.987. The quantitative estimate of drug-likeness (QED) is 0.492. The van der Waals surface area contributed by atoms with Crippen LogP contribution in [0.5, 0.6) is 0 Å². The van der Waals surface area contributed by atoms with Crippen LogP contribution >= 0.6 is 0 Å². The fourth-order valence-electron chi connectivity index (χ4n) is 0.987. The lowest BCUT2D eigenvalue weighted by molar-refractivity contribution is 0.0809.